The van der Waals surface area contributed by atoms with Crippen molar-refractivity contribution in [3.05, 3.63) is 58.9 Å². The van der Waals surface area contributed by atoms with Gasteiger partial charge in [-0.3, -0.25) is 0 Å². The Labute approximate surface area is 164 Å². The molecule has 0 unspecified atom stereocenters. The van der Waals surface area contributed by atoms with Gasteiger partial charge in [0.2, 0.25) is 10.0 Å². The van der Waals surface area contributed by atoms with E-state index >= 15 is 0 Å². The van der Waals surface area contributed by atoms with E-state index in [4.69, 9.17) is 9.47 Å². The molecule has 2 aromatic rings. The fraction of sp³-hybridized carbons (Fsp3) is 0.350. The first-order valence-electron chi connectivity index (χ1n) is 8.84. The molecule has 0 radical (unpaired) electrons. The summed E-state index contributed by atoms with van der Waals surface area (Å²) in [6.07, 6.45) is 0. The number of esters is 1. The second kappa shape index (κ2) is 9.16. The minimum absolute atomic E-state index is 0.0317. The minimum Gasteiger partial charge on any atom is -0.494 e. The van der Waals surface area contributed by atoms with Gasteiger partial charge in [0.15, 0.2) is 11.6 Å². The third-order valence-electron chi connectivity index (χ3n) is 4.36. The molecule has 0 saturated heterocycles. The number of nitrogens with zero attached hydrogens (tertiary/aromatic N) is 1. The molecule has 0 bridgehead atoms. The van der Waals surface area contributed by atoms with Gasteiger partial charge in [0, 0.05) is 13.1 Å². The average molecular weight is 409 g/mol. The number of aryl methyl sites for hydroxylation is 1. The molecule has 0 aliphatic rings. The maximum atomic E-state index is 13.8. The van der Waals surface area contributed by atoms with Gasteiger partial charge in [0.05, 0.1) is 17.6 Å². The van der Waals surface area contributed by atoms with Gasteiger partial charge in [0.25, 0.3) is 0 Å². The number of carbonyl (C=O) groups excluding carboxylic acids is 1. The zero-order valence-electron chi connectivity index (χ0n) is 16.4. The molecular weight excluding hydrogens is 385 g/mol. The molecule has 0 aliphatic carbocycles. The van der Waals surface area contributed by atoms with Crippen molar-refractivity contribution in [1.82, 2.24) is 4.31 Å². The van der Waals surface area contributed by atoms with Crippen LogP contribution in [0.15, 0.2) is 41.3 Å². The SMILES string of the molecule is CCN(CC)S(=O)(=O)c1ccc(C)c(C(=O)OCc2ccc(OC)c(F)c2)c1. The molecule has 8 heteroatoms. The number of carbonyl (C=O) groups is 1. The predicted octanol–water partition coefficient (Wildman–Crippen LogP) is 3.53. The summed E-state index contributed by atoms with van der Waals surface area (Å²) in [6.45, 7) is 5.70. The summed E-state index contributed by atoms with van der Waals surface area (Å²) in [5, 5.41) is 0. The Morgan fingerprint density at radius 2 is 1.79 bits per heavy atom. The molecule has 28 heavy (non-hydrogen) atoms. The molecule has 0 amide bonds. The molecule has 0 saturated carbocycles. The van der Waals surface area contributed by atoms with Crippen LogP contribution < -0.4 is 4.74 Å². The highest BCUT2D eigenvalue weighted by Gasteiger charge is 2.24. The number of methoxy groups -OCH3 is 1. The van der Waals surface area contributed by atoms with Crippen molar-refractivity contribution in [3.63, 3.8) is 0 Å². The summed E-state index contributed by atoms with van der Waals surface area (Å²) in [6, 6.07) is 8.61. The highest BCUT2D eigenvalue weighted by atomic mass is 32.2. The summed E-state index contributed by atoms with van der Waals surface area (Å²) in [5.74, 6) is -1.13. The van der Waals surface area contributed by atoms with E-state index in [0.717, 1.165) is 0 Å². The lowest BCUT2D eigenvalue weighted by atomic mass is 10.1. The second-order valence-corrected chi connectivity index (χ2v) is 8.05. The minimum atomic E-state index is -3.69. The molecule has 0 heterocycles. The van der Waals surface area contributed by atoms with E-state index in [1.165, 1.54) is 35.7 Å². The Morgan fingerprint density at radius 3 is 2.36 bits per heavy atom. The van der Waals surface area contributed by atoms with Gasteiger partial charge in [-0.2, -0.15) is 4.31 Å². The number of benzene rings is 2. The Morgan fingerprint density at radius 1 is 1.11 bits per heavy atom. The smallest absolute Gasteiger partial charge is 0.338 e. The van der Waals surface area contributed by atoms with E-state index in [0.29, 0.717) is 24.2 Å². The van der Waals surface area contributed by atoms with Crippen molar-refractivity contribution < 1.29 is 27.1 Å². The van der Waals surface area contributed by atoms with E-state index in [1.807, 2.05) is 0 Å². The lowest BCUT2D eigenvalue weighted by Crippen LogP contribution is -2.30. The number of hydrogen-bond donors (Lipinski definition) is 0. The number of halogens is 1. The van der Waals surface area contributed by atoms with Gasteiger partial charge in [-0.05, 0) is 42.3 Å². The zero-order chi connectivity index (χ0) is 20.9. The number of hydrogen-bond acceptors (Lipinski definition) is 5. The standard InChI is InChI=1S/C20H24FNO5S/c1-5-22(6-2)28(24,25)16-9-7-14(3)17(12-16)20(23)27-13-15-8-10-19(26-4)18(21)11-15/h7-12H,5-6,13H2,1-4H3. The first kappa shape index (κ1) is 21.8. The lowest BCUT2D eigenvalue weighted by molar-refractivity contribution is 0.0471. The van der Waals surface area contributed by atoms with Crippen LogP contribution in [0.5, 0.6) is 5.75 Å². The van der Waals surface area contributed by atoms with Crippen LogP contribution in [0.1, 0.15) is 35.3 Å². The Balaban J connectivity index is 2.22. The highest BCUT2D eigenvalue weighted by Crippen LogP contribution is 2.22. The van der Waals surface area contributed by atoms with Crippen LogP contribution in [0.2, 0.25) is 0 Å². The zero-order valence-corrected chi connectivity index (χ0v) is 17.2. The van der Waals surface area contributed by atoms with Crippen LogP contribution in [-0.4, -0.2) is 38.9 Å². The van der Waals surface area contributed by atoms with Gasteiger partial charge < -0.3 is 9.47 Å². The van der Waals surface area contributed by atoms with Gasteiger partial charge in [-0.1, -0.05) is 26.0 Å². The number of rotatable bonds is 8. The van der Waals surface area contributed by atoms with Crippen molar-refractivity contribution in [2.24, 2.45) is 0 Å². The van der Waals surface area contributed by atoms with Crippen LogP contribution in [0.3, 0.4) is 0 Å². The molecule has 2 aromatic carbocycles. The summed E-state index contributed by atoms with van der Waals surface area (Å²) >= 11 is 0. The lowest BCUT2D eigenvalue weighted by Gasteiger charge is -2.19. The van der Waals surface area contributed by atoms with Gasteiger partial charge >= 0.3 is 5.97 Å². The average Bonchev–Trinajstić information content (AvgIpc) is 2.67. The molecule has 0 aliphatic heterocycles. The van der Waals surface area contributed by atoms with Crippen molar-refractivity contribution in [2.75, 3.05) is 20.2 Å². The Bertz CT molecular complexity index is 955. The molecule has 2 rings (SSSR count). The predicted molar refractivity (Wildman–Crippen MR) is 103 cm³/mol. The molecule has 6 nitrogen and oxygen atoms in total. The quantitative estimate of drug-likeness (QED) is 0.624. The molecule has 0 spiro atoms. The van der Waals surface area contributed by atoms with E-state index in [-0.39, 0.29) is 22.8 Å². The van der Waals surface area contributed by atoms with Gasteiger partial charge in [0.1, 0.15) is 6.61 Å². The van der Waals surface area contributed by atoms with Crippen molar-refractivity contribution in [2.45, 2.75) is 32.3 Å². The monoisotopic (exact) mass is 409 g/mol. The third kappa shape index (κ3) is 4.69. The highest BCUT2D eigenvalue weighted by molar-refractivity contribution is 7.89. The van der Waals surface area contributed by atoms with Crippen molar-refractivity contribution in [1.29, 1.82) is 0 Å². The molecular formula is C20H24FNO5S. The maximum Gasteiger partial charge on any atom is 0.338 e. The second-order valence-electron chi connectivity index (χ2n) is 6.11. The molecule has 0 atom stereocenters. The topological polar surface area (TPSA) is 72.9 Å². The fourth-order valence-electron chi connectivity index (χ4n) is 2.72. The number of ether oxygens (including phenoxy) is 2. The third-order valence-corrected chi connectivity index (χ3v) is 6.40. The molecule has 0 aromatic heterocycles. The Hall–Kier alpha value is -2.45. The van der Waals surface area contributed by atoms with Crippen LogP contribution in [0, 0.1) is 12.7 Å². The van der Waals surface area contributed by atoms with Crippen LogP contribution in [0.4, 0.5) is 4.39 Å². The van der Waals surface area contributed by atoms with Gasteiger partial charge in [-0.15, -0.1) is 0 Å². The van der Waals surface area contributed by atoms with Crippen LogP contribution in [-0.2, 0) is 21.4 Å². The molecule has 0 fully saturated rings. The van der Waals surface area contributed by atoms with E-state index in [9.17, 15) is 17.6 Å². The summed E-state index contributed by atoms with van der Waals surface area (Å²) in [7, 11) is -2.33. The van der Waals surface area contributed by atoms with Crippen LogP contribution in [0.25, 0.3) is 0 Å². The molecule has 0 N–H and O–H groups in total. The first-order chi connectivity index (χ1) is 13.2. The maximum absolute atomic E-state index is 13.8. The van der Waals surface area contributed by atoms with E-state index in [2.05, 4.69) is 0 Å². The van der Waals surface area contributed by atoms with Crippen LogP contribution >= 0.6 is 0 Å². The largest absolute Gasteiger partial charge is 0.494 e. The molecule has 152 valence electrons. The van der Waals surface area contributed by atoms with E-state index in [1.54, 1.807) is 32.9 Å². The van der Waals surface area contributed by atoms with Gasteiger partial charge in [-0.25, -0.2) is 17.6 Å². The summed E-state index contributed by atoms with van der Waals surface area (Å²) in [5.41, 5.74) is 1.20. The summed E-state index contributed by atoms with van der Waals surface area (Å²) < 4.78 is 50.5. The van der Waals surface area contributed by atoms with Crippen molar-refractivity contribution >= 4 is 16.0 Å². The fourth-order valence-corrected chi connectivity index (χ4v) is 4.21. The number of sulfonamides is 1. The first-order valence-corrected chi connectivity index (χ1v) is 10.3. The van der Waals surface area contributed by atoms with Crippen molar-refractivity contribution in [3.8, 4) is 5.75 Å². The normalized spacial score (nSPS) is 11.5. The Kier molecular flexibility index (Phi) is 7.15. The van der Waals surface area contributed by atoms with E-state index < -0.39 is 21.8 Å². The summed E-state index contributed by atoms with van der Waals surface area (Å²) in [4.78, 5) is 12.5.